The highest BCUT2D eigenvalue weighted by atomic mass is 19.4. The minimum absolute atomic E-state index is 0.0771. The minimum Gasteiger partial charge on any atom is -0.370 e. The maximum Gasteiger partial charge on any atom is 0.433 e. The van der Waals surface area contributed by atoms with Crippen LogP contribution in [0.25, 0.3) is 0 Å². The fraction of sp³-hybridized carbons (Fsp3) is 0.500. The van der Waals surface area contributed by atoms with Crippen LogP contribution < -0.4 is 11.1 Å². The first-order valence-corrected chi connectivity index (χ1v) is 7.16. The fourth-order valence-corrected chi connectivity index (χ4v) is 2.16. The molecule has 9 heteroatoms. The minimum atomic E-state index is -4.41. The number of aryl methyl sites for hydroxylation is 1. The van der Waals surface area contributed by atoms with E-state index < -0.39 is 11.9 Å². The van der Waals surface area contributed by atoms with Crippen LogP contribution in [-0.2, 0) is 19.3 Å². The topological polar surface area (TPSA) is 81.7 Å². The highest BCUT2D eigenvalue weighted by molar-refractivity contribution is 5.34. The summed E-state index contributed by atoms with van der Waals surface area (Å²) in [6, 6.07) is 2.77. The quantitative estimate of drug-likeness (QED) is 0.849. The summed E-state index contributed by atoms with van der Waals surface area (Å²) < 4.78 is 39.8. The Hall–Kier alpha value is -2.16. The third-order valence-electron chi connectivity index (χ3n) is 3.24. The Balaban J connectivity index is 1.98. The van der Waals surface area contributed by atoms with Crippen molar-refractivity contribution in [2.45, 2.75) is 33.1 Å². The van der Waals surface area contributed by atoms with E-state index in [0.29, 0.717) is 30.3 Å². The molecule has 0 saturated heterocycles. The van der Waals surface area contributed by atoms with Gasteiger partial charge in [-0.2, -0.15) is 18.3 Å². The number of nitrogens with one attached hydrogen (secondary N) is 1. The fourth-order valence-electron chi connectivity index (χ4n) is 2.16. The molecule has 3 N–H and O–H groups in total. The van der Waals surface area contributed by atoms with Crippen molar-refractivity contribution >= 4 is 5.82 Å². The summed E-state index contributed by atoms with van der Waals surface area (Å²) in [6.45, 7) is 4.30. The predicted molar refractivity (Wildman–Crippen MR) is 79.5 cm³/mol. The summed E-state index contributed by atoms with van der Waals surface area (Å²) in [4.78, 5) is 8.03. The van der Waals surface area contributed by atoms with Gasteiger partial charge in [0.15, 0.2) is 0 Å². The van der Waals surface area contributed by atoms with Crippen LogP contribution >= 0.6 is 0 Å². The second kappa shape index (κ2) is 6.95. The van der Waals surface area contributed by atoms with Crippen molar-refractivity contribution in [3.63, 3.8) is 0 Å². The van der Waals surface area contributed by atoms with Crippen LogP contribution in [0.5, 0.6) is 0 Å². The number of rotatable bonds is 6. The zero-order chi connectivity index (χ0) is 17.0. The van der Waals surface area contributed by atoms with Gasteiger partial charge in [0.2, 0.25) is 0 Å². The lowest BCUT2D eigenvalue weighted by atomic mass is 10.2. The molecule has 126 valence electrons. The van der Waals surface area contributed by atoms with Gasteiger partial charge in [-0.25, -0.2) is 9.97 Å². The van der Waals surface area contributed by atoms with Gasteiger partial charge in [-0.1, -0.05) is 6.92 Å². The number of hydrogen-bond donors (Lipinski definition) is 2. The molecular formula is C14H19F3N6. The smallest absolute Gasteiger partial charge is 0.370 e. The number of alkyl halides is 3. The van der Waals surface area contributed by atoms with E-state index >= 15 is 0 Å². The monoisotopic (exact) mass is 328 g/mol. The van der Waals surface area contributed by atoms with Crippen LogP contribution in [0.2, 0.25) is 0 Å². The van der Waals surface area contributed by atoms with Gasteiger partial charge in [0.1, 0.15) is 17.8 Å². The summed E-state index contributed by atoms with van der Waals surface area (Å²) in [6.07, 6.45) is -3.01. The molecule has 0 spiro atoms. The molecule has 0 radical (unpaired) electrons. The maximum absolute atomic E-state index is 12.9. The van der Waals surface area contributed by atoms with Crippen LogP contribution in [0.4, 0.5) is 19.0 Å². The number of halogens is 3. The van der Waals surface area contributed by atoms with Gasteiger partial charge in [0.25, 0.3) is 0 Å². The molecule has 0 aliphatic carbocycles. The Bertz CT molecular complexity index is 652. The lowest BCUT2D eigenvalue weighted by Crippen LogP contribution is -2.22. The molecule has 23 heavy (non-hydrogen) atoms. The molecule has 1 atom stereocenters. The van der Waals surface area contributed by atoms with E-state index in [-0.39, 0.29) is 12.5 Å². The van der Waals surface area contributed by atoms with Crippen molar-refractivity contribution in [2.75, 3.05) is 11.9 Å². The van der Waals surface area contributed by atoms with Crippen LogP contribution in [-0.4, -0.2) is 26.3 Å². The predicted octanol–water partition coefficient (Wildman–Crippen LogP) is 2.21. The molecular weight excluding hydrogens is 309 g/mol. The van der Waals surface area contributed by atoms with Crippen molar-refractivity contribution in [2.24, 2.45) is 11.7 Å². The molecule has 0 amide bonds. The van der Waals surface area contributed by atoms with E-state index in [1.54, 1.807) is 13.0 Å². The van der Waals surface area contributed by atoms with Gasteiger partial charge in [-0.3, -0.25) is 4.68 Å². The van der Waals surface area contributed by atoms with E-state index in [1.807, 2.05) is 6.92 Å². The summed E-state index contributed by atoms with van der Waals surface area (Å²) in [5.41, 5.74) is 5.81. The molecule has 0 aromatic carbocycles. The van der Waals surface area contributed by atoms with E-state index in [9.17, 15) is 13.2 Å². The highest BCUT2D eigenvalue weighted by Gasteiger charge is 2.35. The molecule has 0 aliphatic rings. The Morgan fingerprint density at radius 1 is 1.30 bits per heavy atom. The van der Waals surface area contributed by atoms with Gasteiger partial charge in [-0.15, -0.1) is 0 Å². The molecule has 0 saturated carbocycles. The van der Waals surface area contributed by atoms with Crippen LogP contribution in [0, 0.1) is 12.8 Å². The Labute approximate surface area is 131 Å². The molecule has 0 aliphatic heterocycles. The van der Waals surface area contributed by atoms with Gasteiger partial charge < -0.3 is 11.1 Å². The second-order valence-corrected chi connectivity index (χ2v) is 5.44. The number of nitrogens with two attached hydrogens (primary N) is 1. The van der Waals surface area contributed by atoms with Crippen molar-refractivity contribution in [1.29, 1.82) is 0 Å². The lowest BCUT2D eigenvalue weighted by molar-refractivity contribution is -0.144. The molecule has 0 fully saturated rings. The standard InChI is InChI=1S/C14H19F3N6/c1-9(6-19-13-4-11(5-18)20-8-21-13)7-23-12(14(15,16)17)3-10(2)22-23/h3-4,8-9H,5-7,18H2,1-2H3,(H,19,20,21). The Morgan fingerprint density at radius 3 is 2.70 bits per heavy atom. The third kappa shape index (κ3) is 4.65. The normalized spacial score (nSPS) is 13.1. The summed E-state index contributed by atoms with van der Waals surface area (Å²) >= 11 is 0. The average Bonchev–Trinajstić information content (AvgIpc) is 2.86. The zero-order valence-electron chi connectivity index (χ0n) is 12.9. The largest absolute Gasteiger partial charge is 0.433 e. The first-order valence-electron chi connectivity index (χ1n) is 7.16. The van der Waals surface area contributed by atoms with Crippen molar-refractivity contribution < 1.29 is 13.2 Å². The van der Waals surface area contributed by atoms with Gasteiger partial charge in [0.05, 0.1) is 11.4 Å². The summed E-state index contributed by atoms with van der Waals surface area (Å²) in [7, 11) is 0. The second-order valence-electron chi connectivity index (χ2n) is 5.44. The van der Waals surface area contributed by atoms with Crippen LogP contribution in [0.15, 0.2) is 18.5 Å². The number of nitrogens with zero attached hydrogens (tertiary/aromatic N) is 4. The lowest BCUT2D eigenvalue weighted by Gasteiger charge is -2.16. The van der Waals surface area contributed by atoms with Crippen molar-refractivity contribution in [3.8, 4) is 0 Å². The zero-order valence-corrected chi connectivity index (χ0v) is 12.9. The van der Waals surface area contributed by atoms with Crippen LogP contribution in [0.1, 0.15) is 24.0 Å². The molecule has 2 aromatic heterocycles. The van der Waals surface area contributed by atoms with E-state index in [4.69, 9.17) is 5.73 Å². The number of anilines is 1. The molecule has 6 nitrogen and oxygen atoms in total. The summed E-state index contributed by atoms with van der Waals surface area (Å²) in [5.74, 6) is 0.520. The van der Waals surface area contributed by atoms with Crippen molar-refractivity contribution in [3.05, 3.63) is 35.5 Å². The van der Waals surface area contributed by atoms with E-state index in [1.165, 1.54) is 6.33 Å². The molecule has 2 rings (SSSR count). The van der Waals surface area contributed by atoms with Crippen molar-refractivity contribution in [1.82, 2.24) is 19.7 Å². The highest BCUT2D eigenvalue weighted by Crippen LogP contribution is 2.30. The Kier molecular flexibility index (Phi) is 5.19. The first kappa shape index (κ1) is 17.2. The van der Waals surface area contributed by atoms with Gasteiger partial charge in [-0.05, 0) is 18.9 Å². The first-order chi connectivity index (χ1) is 10.8. The number of hydrogen-bond acceptors (Lipinski definition) is 5. The van der Waals surface area contributed by atoms with E-state index in [2.05, 4.69) is 20.4 Å². The van der Waals surface area contributed by atoms with E-state index in [0.717, 1.165) is 10.7 Å². The van der Waals surface area contributed by atoms with Gasteiger partial charge >= 0.3 is 6.18 Å². The van der Waals surface area contributed by atoms with Gasteiger partial charge in [0, 0.05) is 25.7 Å². The third-order valence-corrected chi connectivity index (χ3v) is 3.24. The molecule has 2 heterocycles. The summed E-state index contributed by atoms with van der Waals surface area (Å²) in [5, 5.41) is 7.00. The average molecular weight is 328 g/mol. The molecule has 1 unspecified atom stereocenters. The van der Waals surface area contributed by atoms with Crippen LogP contribution in [0.3, 0.4) is 0 Å². The molecule has 0 bridgehead atoms. The number of aromatic nitrogens is 4. The Morgan fingerprint density at radius 2 is 2.04 bits per heavy atom. The SMILES string of the molecule is Cc1cc(C(F)(F)F)n(CC(C)CNc2cc(CN)ncn2)n1. The molecule has 2 aromatic rings. The maximum atomic E-state index is 12.9.